The lowest BCUT2D eigenvalue weighted by atomic mass is 10.3. The molecule has 0 aromatic heterocycles. The number of aromatic hydroxyl groups is 1. The lowest BCUT2D eigenvalue weighted by Crippen LogP contribution is -2.23. The lowest BCUT2D eigenvalue weighted by molar-refractivity contribution is -0.118. The van der Waals surface area contributed by atoms with Crippen molar-refractivity contribution >= 4 is 23.2 Å². The second-order valence-corrected chi connectivity index (χ2v) is 5.53. The Bertz CT molecular complexity index is 743. The molecule has 2 N–H and O–H groups in total. The lowest BCUT2D eigenvalue weighted by Gasteiger charge is -2.16. The number of benzene rings is 2. The van der Waals surface area contributed by atoms with E-state index in [0.717, 1.165) is 18.7 Å². The zero-order valence-corrected chi connectivity index (χ0v) is 13.1. The van der Waals surface area contributed by atoms with Crippen molar-refractivity contribution in [2.24, 2.45) is 0 Å². The zero-order valence-electron chi connectivity index (χ0n) is 13.1. The van der Waals surface area contributed by atoms with Crippen LogP contribution in [0.4, 0.5) is 11.4 Å². The van der Waals surface area contributed by atoms with E-state index in [4.69, 9.17) is 4.74 Å². The summed E-state index contributed by atoms with van der Waals surface area (Å²) >= 11 is 0. The molecule has 1 saturated heterocycles. The van der Waals surface area contributed by atoms with Gasteiger partial charge in [0.05, 0.1) is 0 Å². The molecule has 24 heavy (non-hydrogen) atoms. The van der Waals surface area contributed by atoms with Crippen LogP contribution in [0.2, 0.25) is 0 Å². The number of amides is 2. The van der Waals surface area contributed by atoms with Crippen LogP contribution in [-0.4, -0.2) is 30.1 Å². The van der Waals surface area contributed by atoms with E-state index in [1.54, 1.807) is 29.2 Å². The predicted octanol–water partition coefficient (Wildman–Crippen LogP) is 2.54. The van der Waals surface area contributed by atoms with Gasteiger partial charge in [-0.2, -0.15) is 0 Å². The topological polar surface area (TPSA) is 78.9 Å². The van der Waals surface area contributed by atoms with Crippen LogP contribution in [0.15, 0.2) is 48.5 Å². The molecule has 2 amide bonds. The third-order valence-corrected chi connectivity index (χ3v) is 3.72. The fourth-order valence-corrected chi connectivity index (χ4v) is 2.57. The second-order valence-electron chi connectivity index (χ2n) is 5.53. The number of phenols is 1. The van der Waals surface area contributed by atoms with Crippen molar-refractivity contribution in [2.75, 3.05) is 23.4 Å². The number of ether oxygens (including phenoxy) is 1. The SMILES string of the molecule is O=C(COc1ccc(N2CCCC2=O)cc1)Nc1cccc(O)c1. The van der Waals surface area contributed by atoms with Crippen molar-refractivity contribution < 1.29 is 19.4 Å². The predicted molar refractivity (Wildman–Crippen MR) is 90.3 cm³/mol. The molecule has 1 aliphatic heterocycles. The summed E-state index contributed by atoms with van der Waals surface area (Å²) in [5, 5.41) is 12.0. The number of rotatable bonds is 5. The molecule has 0 bridgehead atoms. The Morgan fingerprint density at radius 3 is 2.67 bits per heavy atom. The largest absolute Gasteiger partial charge is 0.508 e. The minimum atomic E-state index is -0.320. The highest BCUT2D eigenvalue weighted by Gasteiger charge is 2.21. The normalized spacial score (nSPS) is 13.8. The number of carbonyl (C=O) groups excluding carboxylic acids is 2. The molecule has 1 aliphatic rings. The Balaban J connectivity index is 1.53. The summed E-state index contributed by atoms with van der Waals surface area (Å²) in [6.45, 7) is 0.600. The van der Waals surface area contributed by atoms with Gasteiger partial charge in [-0.25, -0.2) is 0 Å². The summed E-state index contributed by atoms with van der Waals surface area (Å²) < 4.78 is 5.44. The number of phenolic OH excluding ortho intramolecular Hbond substituents is 1. The van der Waals surface area contributed by atoms with Crippen molar-refractivity contribution in [1.29, 1.82) is 0 Å². The van der Waals surface area contributed by atoms with E-state index in [0.29, 0.717) is 17.9 Å². The third-order valence-electron chi connectivity index (χ3n) is 3.72. The number of anilines is 2. The molecule has 0 spiro atoms. The molecule has 6 heteroatoms. The van der Waals surface area contributed by atoms with Gasteiger partial charge in [-0.3, -0.25) is 9.59 Å². The first kappa shape index (κ1) is 15.9. The monoisotopic (exact) mass is 326 g/mol. The molecular weight excluding hydrogens is 308 g/mol. The van der Waals surface area contributed by atoms with Crippen molar-refractivity contribution in [2.45, 2.75) is 12.8 Å². The van der Waals surface area contributed by atoms with E-state index < -0.39 is 0 Å². The average molecular weight is 326 g/mol. The first-order chi connectivity index (χ1) is 11.6. The summed E-state index contributed by atoms with van der Waals surface area (Å²) in [7, 11) is 0. The van der Waals surface area contributed by atoms with Crippen LogP contribution in [-0.2, 0) is 9.59 Å². The molecule has 3 rings (SSSR count). The van der Waals surface area contributed by atoms with Gasteiger partial charge >= 0.3 is 0 Å². The minimum absolute atomic E-state index is 0.0840. The Morgan fingerprint density at radius 2 is 2.00 bits per heavy atom. The van der Waals surface area contributed by atoms with E-state index in [9.17, 15) is 14.7 Å². The highest BCUT2D eigenvalue weighted by molar-refractivity contribution is 5.95. The van der Waals surface area contributed by atoms with Gasteiger partial charge < -0.3 is 20.1 Å². The van der Waals surface area contributed by atoms with Gasteiger partial charge in [-0.05, 0) is 42.8 Å². The van der Waals surface area contributed by atoms with E-state index in [2.05, 4.69) is 5.32 Å². The molecule has 0 aliphatic carbocycles. The summed E-state index contributed by atoms with van der Waals surface area (Å²) in [5.41, 5.74) is 1.35. The Labute approximate surface area is 139 Å². The van der Waals surface area contributed by atoms with Gasteiger partial charge in [0.25, 0.3) is 5.91 Å². The molecule has 6 nitrogen and oxygen atoms in total. The minimum Gasteiger partial charge on any atom is -0.508 e. The summed E-state index contributed by atoms with van der Waals surface area (Å²) in [5.74, 6) is 0.450. The molecule has 0 radical (unpaired) electrons. The summed E-state index contributed by atoms with van der Waals surface area (Å²) in [4.78, 5) is 25.3. The number of hydrogen-bond donors (Lipinski definition) is 2. The molecule has 1 heterocycles. The van der Waals surface area contributed by atoms with E-state index in [-0.39, 0.29) is 24.2 Å². The molecule has 2 aromatic rings. The maximum absolute atomic E-state index is 11.8. The van der Waals surface area contributed by atoms with Crippen LogP contribution in [0.5, 0.6) is 11.5 Å². The fraction of sp³-hybridized carbons (Fsp3) is 0.222. The second kappa shape index (κ2) is 7.04. The number of hydrogen-bond acceptors (Lipinski definition) is 4. The van der Waals surface area contributed by atoms with Crippen molar-refractivity contribution in [3.8, 4) is 11.5 Å². The van der Waals surface area contributed by atoms with Crippen LogP contribution >= 0.6 is 0 Å². The van der Waals surface area contributed by atoms with Crippen LogP contribution in [0, 0.1) is 0 Å². The Morgan fingerprint density at radius 1 is 1.21 bits per heavy atom. The molecule has 124 valence electrons. The summed E-state index contributed by atoms with van der Waals surface area (Å²) in [6.07, 6.45) is 1.47. The van der Waals surface area contributed by atoms with E-state index in [1.165, 1.54) is 12.1 Å². The first-order valence-corrected chi connectivity index (χ1v) is 7.74. The van der Waals surface area contributed by atoms with E-state index in [1.807, 2.05) is 12.1 Å². The fourth-order valence-electron chi connectivity index (χ4n) is 2.57. The highest BCUT2D eigenvalue weighted by atomic mass is 16.5. The molecular formula is C18H18N2O4. The molecule has 1 fully saturated rings. The maximum Gasteiger partial charge on any atom is 0.262 e. The van der Waals surface area contributed by atoms with E-state index >= 15 is 0 Å². The molecule has 2 aromatic carbocycles. The Kier molecular flexibility index (Phi) is 4.65. The summed E-state index contributed by atoms with van der Waals surface area (Å²) in [6, 6.07) is 13.4. The molecule has 0 unspecified atom stereocenters. The highest BCUT2D eigenvalue weighted by Crippen LogP contribution is 2.24. The van der Waals surface area contributed by atoms with Crippen molar-refractivity contribution in [3.05, 3.63) is 48.5 Å². The quantitative estimate of drug-likeness (QED) is 0.885. The van der Waals surface area contributed by atoms with Gasteiger partial charge in [-0.15, -0.1) is 0 Å². The first-order valence-electron chi connectivity index (χ1n) is 7.74. The van der Waals surface area contributed by atoms with Crippen LogP contribution in [0.3, 0.4) is 0 Å². The van der Waals surface area contributed by atoms with Gasteiger partial charge in [-0.1, -0.05) is 6.07 Å². The molecule has 0 saturated carbocycles. The van der Waals surface area contributed by atoms with Crippen LogP contribution in [0.1, 0.15) is 12.8 Å². The Hall–Kier alpha value is -3.02. The van der Waals surface area contributed by atoms with Crippen LogP contribution < -0.4 is 15.0 Å². The van der Waals surface area contributed by atoms with Crippen molar-refractivity contribution in [1.82, 2.24) is 0 Å². The van der Waals surface area contributed by atoms with Gasteiger partial charge in [0.2, 0.25) is 5.91 Å². The van der Waals surface area contributed by atoms with Crippen molar-refractivity contribution in [3.63, 3.8) is 0 Å². The smallest absolute Gasteiger partial charge is 0.262 e. The number of nitrogens with one attached hydrogen (secondary N) is 1. The number of nitrogens with zero attached hydrogens (tertiary/aromatic N) is 1. The molecule has 0 atom stereocenters. The zero-order chi connectivity index (χ0) is 16.9. The van der Waals surface area contributed by atoms with Gasteiger partial charge in [0.15, 0.2) is 6.61 Å². The number of carbonyl (C=O) groups is 2. The van der Waals surface area contributed by atoms with Gasteiger partial charge in [0, 0.05) is 30.4 Å². The third kappa shape index (κ3) is 3.84. The van der Waals surface area contributed by atoms with Crippen LogP contribution in [0.25, 0.3) is 0 Å². The standard InChI is InChI=1S/C18H18N2O4/c21-15-4-1-3-13(11-15)19-17(22)12-24-16-8-6-14(7-9-16)20-10-2-5-18(20)23/h1,3-4,6-9,11,21H,2,5,10,12H2,(H,19,22). The van der Waals surface area contributed by atoms with Gasteiger partial charge in [0.1, 0.15) is 11.5 Å². The average Bonchev–Trinajstić information content (AvgIpc) is 2.99. The maximum atomic E-state index is 11.8.